The molecule has 0 bridgehead atoms. The van der Waals surface area contributed by atoms with Gasteiger partial charge in [0.2, 0.25) is 0 Å². The van der Waals surface area contributed by atoms with Crippen molar-refractivity contribution in [1.29, 1.82) is 0 Å². The van der Waals surface area contributed by atoms with Crippen molar-refractivity contribution in [3.05, 3.63) is 0 Å². The van der Waals surface area contributed by atoms with Crippen molar-refractivity contribution in [3.63, 3.8) is 0 Å². The molecule has 0 radical (unpaired) electrons. The van der Waals surface area contributed by atoms with Crippen LogP contribution in [0.25, 0.3) is 0 Å². The number of nitrogens with one attached hydrogen (secondary N) is 1. The molecule has 1 aliphatic heterocycles. The van der Waals surface area contributed by atoms with Crippen LogP contribution < -0.4 is 5.32 Å². The van der Waals surface area contributed by atoms with Gasteiger partial charge in [-0.2, -0.15) is 0 Å². The second-order valence-electron chi connectivity index (χ2n) is 8.31. The first-order valence-corrected chi connectivity index (χ1v) is 9.32. The lowest BCUT2D eigenvalue weighted by Gasteiger charge is -2.36. The van der Waals surface area contributed by atoms with Crippen LogP contribution in [0.15, 0.2) is 0 Å². The van der Waals surface area contributed by atoms with Crippen molar-refractivity contribution in [2.75, 3.05) is 26.2 Å². The van der Waals surface area contributed by atoms with Crippen LogP contribution in [-0.4, -0.2) is 37.1 Å². The van der Waals surface area contributed by atoms with Gasteiger partial charge in [-0.25, -0.2) is 0 Å². The van der Waals surface area contributed by atoms with Crippen LogP contribution in [0.4, 0.5) is 0 Å². The van der Waals surface area contributed by atoms with Crippen LogP contribution in [-0.2, 0) is 0 Å². The Labute approximate surface area is 134 Å². The van der Waals surface area contributed by atoms with Crippen molar-refractivity contribution in [2.45, 2.75) is 79.7 Å². The number of likely N-dealkylation sites (tertiary alicyclic amines) is 1. The van der Waals surface area contributed by atoms with Crippen LogP contribution in [0.2, 0.25) is 0 Å². The monoisotopic (exact) mass is 296 g/mol. The van der Waals surface area contributed by atoms with Crippen LogP contribution in [0, 0.1) is 17.3 Å². The van der Waals surface area contributed by atoms with E-state index in [4.69, 9.17) is 0 Å². The fraction of sp³-hybridized carbons (Fsp3) is 1.00. The maximum Gasteiger partial charge on any atom is 0.00475 e. The van der Waals surface area contributed by atoms with Crippen LogP contribution in [0.3, 0.4) is 0 Å². The zero-order valence-corrected chi connectivity index (χ0v) is 15.5. The molecule has 2 unspecified atom stereocenters. The molecular formula is C19H40N2. The van der Waals surface area contributed by atoms with E-state index in [-0.39, 0.29) is 0 Å². The summed E-state index contributed by atoms with van der Waals surface area (Å²) in [4.78, 5) is 2.75. The number of nitrogens with zero attached hydrogens (tertiary/aromatic N) is 1. The molecule has 0 amide bonds. The molecule has 126 valence electrons. The smallest absolute Gasteiger partial charge is 0.00475 e. The molecule has 0 aromatic carbocycles. The molecule has 1 rings (SSSR count). The van der Waals surface area contributed by atoms with Gasteiger partial charge in [-0.1, -0.05) is 48.0 Å². The molecule has 0 aromatic rings. The number of hydrogen-bond acceptors (Lipinski definition) is 2. The van der Waals surface area contributed by atoms with Crippen molar-refractivity contribution in [1.82, 2.24) is 10.2 Å². The average Bonchev–Trinajstić information content (AvgIpc) is 2.62. The Morgan fingerprint density at radius 1 is 1.14 bits per heavy atom. The van der Waals surface area contributed by atoms with Gasteiger partial charge in [0.15, 0.2) is 0 Å². The highest BCUT2D eigenvalue weighted by Gasteiger charge is 2.28. The third-order valence-corrected chi connectivity index (χ3v) is 5.20. The van der Waals surface area contributed by atoms with Crippen molar-refractivity contribution in [3.8, 4) is 0 Å². The average molecular weight is 297 g/mol. The highest BCUT2D eigenvalue weighted by Crippen LogP contribution is 2.28. The highest BCUT2D eigenvalue weighted by molar-refractivity contribution is 4.83. The molecule has 1 heterocycles. The zero-order valence-electron chi connectivity index (χ0n) is 15.5. The number of rotatable bonds is 8. The van der Waals surface area contributed by atoms with E-state index in [0.717, 1.165) is 18.4 Å². The summed E-state index contributed by atoms with van der Waals surface area (Å²) >= 11 is 0. The van der Waals surface area contributed by atoms with Gasteiger partial charge in [0.05, 0.1) is 0 Å². The maximum absolute atomic E-state index is 3.68. The summed E-state index contributed by atoms with van der Waals surface area (Å²) in [6.07, 6.45) is 6.85. The molecule has 0 saturated carbocycles. The van der Waals surface area contributed by atoms with Gasteiger partial charge in [0.25, 0.3) is 0 Å². The van der Waals surface area contributed by atoms with E-state index in [0.29, 0.717) is 11.5 Å². The Hall–Kier alpha value is -0.0800. The molecule has 1 saturated heterocycles. The molecule has 21 heavy (non-hydrogen) atoms. The molecule has 1 fully saturated rings. The molecule has 2 heteroatoms. The quantitative estimate of drug-likeness (QED) is 0.707. The molecule has 0 aromatic heterocycles. The SMILES string of the molecule is CCCC(C)(CNC(C)C)CN1CCCC(C(C)C)CC1. The lowest BCUT2D eigenvalue weighted by molar-refractivity contribution is 0.148. The fourth-order valence-corrected chi connectivity index (χ4v) is 3.82. The van der Waals surface area contributed by atoms with Gasteiger partial charge in [-0.15, -0.1) is 0 Å². The Balaban J connectivity index is 2.53. The Kier molecular flexibility index (Phi) is 8.26. The first kappa shape index (κ1) is 19.0. The van der Waals surface area contributed by atoms with Gasteiger partial charge in [0, 0.05) is 19.1 Å². The minimum atomic E-state index is 0.427. The van der Waals surface area contributed by atoms with Gasteiger partial charge in [-0.3, -0.25) is 0 Å². The van der Waals surface area contributed by atoms with Crippen LogP contribution in [0.1, 0.15) is 73.6 Å². The first-order chi connectivity index (χ1) is 9.86. The van der Waals surface area contributed by atoms with Gasteiger partial charge >= 0.3 is 0 Å². The molecule has 2 nitrogen and oxygen atoms in total. The lowest BCUT2D eigenvalue weighted by atomic mass is 9.84. The molecule has 0 spiro atoms. The van der Waals surface area contributed by atoms with E-state index < -0.39 is 0 Å². The third kappa shape index (κ3) is 7.15. The summed E-state index contributed by atoms with van der Waals surface area (Å²) < 4.78 is 0. The summed E-state index contributed by atoms with van der Waals surface area (Å²) in [6.45, 7) is 19.2. The fourth-order valence-electron chi connectivity index (χ4n) is 3.82. The Morgan fingerprint density at radius 2 is 1.86 bits per heavy atom. The van der Waals surface area contributed by atoms with E-state index in [2.05, 4.69) is 51.8 Å². The predicted molar refractivity (Wildman–Crippen MR) is 94.8 cm³/mol. The zero-order chi connectivity index (χ0) is 15.9. The summed E-state index contributed by atoms with van der Waals surface area (Å²) in [6, 6.07) is 0.593. The Morgan fingerprint density at radius 3 is 2.43 bits per heavy atom. The topological polar surface area (TPSA) is 15.3 Å². The highest BCUT2D eigenvalue weighted by atomic mass is 15.1. The van der Waals surface area contributed by atoms with E-state index in [9.17, 15) is 0 Å². The van der Waals surface area contributed by atoms with Crippen LogP contribution in [0.5, 0.6) is 0 Å². The second-order valence-corrected chi connectivity index (χ2v) is 8.31. The molecule has 0 aliphatic carbocycles. The molecule has 2 atom stereocenters. The predicted octanol–water partition coefficient (Wildman–Crippen LogP) is 4.55. The standard InChI is InChI=1S/C19H40N2/c1-7-11-19(6,14-20-17(4)5)15-21-12-8-9-18(10-13-21)16(2)3/h16-18,20H,7-15H2,1-6H3. The summed E-state index contributed by atoms with van der Waals surface area (Å²) in [5.41, 5.74) is 0.427. The number of hydrogen-bond donors (Lipinski definition) is 1. The summed E-state index contributed by atoms with van der Waals surface area (Å²) in [5.74, 6) is 1.80. The maximum atomic E-state index is 3.68. The molecular weight excluding hydrogens is 256 g/mol. The van der Waals surface area contributed by atoms with Crippen LogP contribution >= 0.6 is 0 Å². The van der Waals surface area contributed by atoms with E-state index in [1.807, 2.05) is 0 Å². The first-order valence-electron chi connectivity index (χ1n) is 9.32. The lowest BCUT2D eigenvalue weighted by Crippen LogP contribution is -2.44. The van der Waals surface area contributed by atoms with E-state index >= 15 is 0 Å². The van der Waals surface area contributed by atoms with Gasteiger partial charge in [-0.05, 0) is 56.0 Å². The Bertz CT molecular complexity index is 275. The summed E-state index contributed by atoms with van der Waals surface area (Å²) in [5, 5.41) is 3.68. The van der Waals surface area contributed by atoms with Gasteiger partial charge in [0.1, 0.15) is 0 Å². The van der Waals surface area contributed by atoms with Crippen molar-refractivity contribution >= 4 is 0 Å². The molecule has 1 aliphatic rings. The largest absolute Gasteiger partial charge is 0.314 e. The van der Waals surface area contributed by atoms with E-state index in [1.165, 1.54) is 51.7 Å². The van der Waals surface area contributed by atoms with Crippen molar-refractivity contribution < 1.29 is 0 Å². The third-order valence-electron chi connectivity index (χ3n) is 5.20. The van der Waals surface area contributed by atoms with E-state index in [1.54, 1.807) is 0 Å². The van der Waals surface area contributed by atoms with Crippen molar-refractivity contribution in [2.24, 2.45) is 17.3 Å². The minimum absolute atomic E-state index is 0.427. The normalized spacial score (nSPS) is 24.3. The second kappa shape index (κ2) is 9.15. The van der Waals surface area contributed by atoms with Gasteiger partial charge < -0.3 is 10.2 Å². The minimum Gasteiger partial charge on any atom is -0.314 e. The molecule has 1 N–H and O–H groups in total. The summed E-state index contributed by atoms with van der Waals surface area (Å²) in [7, 11) is 0.